The number of hydrogen-bond acceptors (Lipinski definition) is 4. The lowest BCUT2D eigenvalue weighted by molar-refractivity contribution is -0.115. The van der Waals surface area contributed by atoms with Crippen molar-refractivity contribution >= 4 is 66.5 Å². The molecule has 0 aliphatic carbocycles. The molecule has 4 nitrogen and oxygen atoms in total. The van der Waals surface area contributed by atoms with Crippen LogP contribution >= 0.6 is 43.6 Å². The number of benzene rings is 3. The second kappa shape index (κ2) is 10.2. The average Bonchev–Trinajstić information content (AvgIpc) is 3.11. The van der Waals surface area contributed by atoms with Gasteiger partial charge in [-0.3, -0.25) is 4.79 Å². The van der Waals surface area contributed by atoms with Gasteiger partial charge in [-0.15, -0.1) is 0 Å². The van der Waals surface area contributed by atoms with E-state index in [-0.39, 0.29) is 11.7 Å². The summed E-state index contributed by atoms with van der Waals surface area (Å²) in [5.74, 6) is 0.201. The maximum atomic E-state index is 13.0. The van der Waals surface area contributed by atoms with E-state index in [2.05, 4.69) is 42.2 Å². The third-order valence-corrected chi connectivity index (χ3v) is 7.64. The van der Waals surface area contributed by atoms with Crippen molar-refractivity contribution in [3.05, 3.63) is 96.5 Å². The maximum Gasteiger partial charge on any atom is 0.264 e. The van der Waals surface area contributed by atoms with Crippen LogP contribution in [0.3, 0.4) is 0 Å². The van der Waals surface area contributed by atoms with Gasteiger partial charge in [0.1, 0.15) is 18.2 Å². The summed E-state index contributed by atoms with van der Waals surface area (Å²) in [5.41, 5.74) is 4.70. The predicted octanol–water partition coefficient (Wildman–Crippen LogP) is 7.44. The normalized spacial score (nSPS) is 15.8. The van der Waals surface area contributed by atoms with Crippen molar-refractivity contribution in [3.63, 3.8) is 0 Å². The van der Waals surface area contributed by atoms with Gasteiger partial charge in [0.25, 0.3) is 5.91 Å². The summed E-state index contributed by atoms with van der Waals surface area (Å²) in [7, 11) is 0. The summed E-state index contributed by atoms with van der Waals surface area (Å²) >= 11 is 8.39. The molecule has 1 saturated heterocycles. The number of rotatable bonds is 5. The van der Waals surface area contributed by atoms with Crippen molar-refractivity contribution in [1.29, 1.82) is 0 Å². The summed E-state index contributed by atoms with van der Waals surface area (Å²) in [6.45, 7) is 4.35. The zero-order valence-corrected chi connectivity index (χ0v) is 21.8. The average molecular weight is 590 g/mol. The van der Waals surface area contributed by atoms with Gasteiger partial charge < -0.3 is 10.1 Å². The second-order valence-corrected chi connectivity index (χ2v) is 10.2. The number of nitrogens with zero attached hydrogens (tertiary/aromatic N) is 1. The Morgan fingerprint density at radius 2 is 1.76 bits per heavy atom. The first kappa shape index (κ1) is 23.7. The van der Waals surface area contributed by atoms with Crippen LogP contribution < -0.4 is 10.1 Å². The Labute approximate surface area is 212 Å². The van der Waals surface area contributed by atoms with Crippen LogP contribution in [0.1, 0.15) is 22.3 Å². The monoisotopic (exact) mass is 588 g/mol. The molecule has 1 N–H and O–H groups in total. The molecule has 0 spiro atoms. The number of amides is 1. The van der Waals surface area contributed by atoms with Gasteiger partial charge in [0.2, 0.25) is 0 Å². The van der Waals surface area contributed by atoms with Gasteiger partial charge in [-0.25, -0.2) is 9.38 Å². The van der Waals surface area contributed by atoms with Crippen molar-refractivity contribution in [2.45, 2.75) is 20.5 Å². The summed E-state index contributed by atoms with van der Waals surface area (Å²) in [5, 5.41) is 3.37. The Balaban J connectivity index is 1.46. The molecular weight excluding hydrogens is 571 g/mol. The zero-order chi connectivity index (χ0) is 23.5. The molecule has 0 radical (unpaired) electrons. The van der Waals surface area contributed by atoms with Crippen LogP contribution in [0.15, 0.2) is 73.4 Å². The number of ether oxygens (including phenoxy) is 1. The van der Waals surface area contributed by atoms with Gasteiger partial charge >= 0.3 is 0 Å². The second-order valence-electron chi connectivity index (χ2n) is 7.48. The predicted molar refractivity (Wildman–Crippen MR) is 139 cm³/mol. The topological polar surface area (TPSA) is 50.7 Å². The zero-order valence-electron chi connectivity index (χ0n) is 17.8. The van der Waals surface area contributed by atoms with Crippen LogP contribution in [0, 0.1) is 19.7 Å². The van der Waals surface area contributed by atoms with Crippen molar-refractivity contribution in [1.82, 2.24) is 5.32 Å². The number of carbonyl (C=O) groups excluding carboxylic acids is 1. The molecule has 3 aromatic carbocycles. The van der Waals surface area contributed by atoms with Crippen LogP contribution in [0.4, 0.5) is 10.1 Å². The van der Waals surface area contributed by atoms with E-state index in [4.69, 9.17) is 4.74 Å². The Hall–Kier alpha value is -2.42. The molecule has 3 aromatic rings. The minimum Gasteiger partial charge on any atom is -0.488 e. The Morgan fingerprint density at radius 1 is 1.06 bits per heavy atom. The molecule has 0 atom stereocenters. The summed E-state index contributed by atoms with van der Waals surface area (Å²) in [4.78, 5) is 17.6. The highest BCUT2D eigenvalue weighted by molar-refractivity contribution is 9.10. The lowest BCUT2D eigenvalue weighted by atomic mass is 10.1. The third-order valence-electron chi connectivity index (χ3n) is 4.86. The van der Waals surface area contributed by atoms with Gasteiger partial charge in [-0.2, -0.15) is 0 Å². The lowest BCUT2D eigenvalue weighted by Gasteiger charge is -2.09. The first-order chi connectivity index (χ1) is 15.8. The molecule has 0 unspecified atom stereocenters. The smallest absolute Gasteiger partial charge is 0.264 e. The minimum absolute atomic E-state index is 0.183. The largest absolute Gasteiger partial charge is 0.488 e. The van der Waals surface area contributed by atoms with Gasteiger partial charge in [-0.1, -0.05) is 34.1 Å². The minimum atomic E-state index is -0.276. The number of amidine groups is 1. The van der Waals surface area contributed by atoms with Crippen molar-refractivity contribution in [3.8, 4) is 5.75 Å². The van der Waals surface area contributed by atoms with Crippen LogP contribution in [0.2, 0.25) is 0 Å². The van der Waals surface area contributed by atoms with Crippen LogP contribution in [-0.2, 0) is 11.4 Å². The Morgan fingerprint density at radius 3 is 2.42 bits per heavy atom. The quantitative estimate of drug-likeness (QED) is 0.315. The molecule has 8 heteroatoms. The van der Waals surface area contributed by atoms with Gasteiger partial charge in [0.15, 0.2) is 5.17 Å². The summed E-state index contributed by atoms with van der Waals surface area (Å²) < 4.78 is 20.7. The van der Waals surface area contributed by atoms with E-state index in [9.17, 15) is 9.18 Å². The molecule has 0 aromatic heterocycles. The van der Waals surface area contributed by atoms with Crippen molar-refractivity contribution in [2.75, 3.05) is 0 Å². The number of nitrogens with one attached hydrogen (secondary N) is 1. The molecule has 4 rings (SSSR count). The number of aliphatic imine (C=N–C) groups is 1. The van der Waals surface area contributed by atoms with E-state index in [1.165, 1.54) is 23.9 Å². The number of carbonyl (C=O) groups is 1. The fourth-order valence-corrected chi connectivity index (χ4v) is 4.78. The van der Waals surface area contributed by atoms with E-state index < -0.39 is 0 Å². The molecule has 33 heavy (non-hydrogen) atoms. The number of aryl methyl sites for hydroxylation is 2. The third kappa shape index (κ3) is 5.93. The highest BCUT2D eigenvalue weighted by atomic mass is 79.9. The summed E-state index contributed by atoms with van der Waals surface area (Å²) in [6, 6.07) is 15.7. The number of hydrogen-bond donors (Lipinski definition) is 1. The molecule has 168 valence electrons. The number of thioether (sulfide) groups is 1. The molecule has 1 aliphatic rings. The molecular formula is C25H19Br2FN2O2S. The summed E-state index contributed by atoms with van der Waals surface area (Å²) in [6.07, 6.45) is 1.81. The standard InChI is InChI=1S/C25H19Br2FN2O2S/c1-14-9-19(10-15(2)23(14)27)29-25-30-24(31)22(33-25)12-17-5-8-21(20(26)11-17)32-13-16-3-6-18(28)7-4-16/h3-12H,13H2,1-2H3,(H,29,30,31)/b22-12-. The fourth-order valence-electron chi connectivity index (χ4n) is 3.20. The van der Waals surface area contributed by atoms with Gasteiger partial charge in [0.05, 0.1) is 15.1 Å². The SMILES string of the molecule is Cc1cc(N=C2NC(=O)/C(=C/c3ccc(OCc4ccc(F)cc4)c(Br)c3)S2)cc(C)c1Br. The fraction of sp³-hybridized carbons (Fsp3) is 0.120. The van der Waals surface area contributed by atoms with Crippen LogP contribution in [-0.4, -0.2) is 11.1 Å². The molecule has 1 aliphatic heterocycles. The van der Waals surface area contributed by atoms with Crippen molar-refractivity contribution in [2.24, 2.45) is 4.99 Å². The van der Waals surface area contributed by atoms with E-state index >= 15 is 0 Å². The first-order valence-corrected chi connectivity index (χ1v) is 12.4. The first-order valence-electron chi connectivity index (χ1n) is 10.0. The van der Waals surface area contributed by atoms with Crippen molar-refractivity contribution < 1.29 is 13.9 Å². The lowest BCUT2D eigenvalue weighted by Crippen LogP contribution is -2.19. The molecule has 1 amide bonds. The van der Waals surface area contributed by atoms with E-state index in [1.807, 2.05) is 50.3 Å². The highest BCUT2D eigenvalue weighted by Gasteiger charge is 2.24. The maximum absolute atomic E-state index is 13.0. The van der Waals surface area contributed by atoms with Gasteiger partial charge in [0, 0.05) is 4.47 Å². The highest BCUT2D eigenvalue weighted by Crippen LogP contribution is 2.33. The molecule has 1 heterocycles. The van der Waals surface area contributed by atoms with Crippen LogP contribution in [0.25, 0.3) is 6.08 Å². The molecule has 0 bridgehead atoms. The Kier molecular flexibility index (Phi) is 7.36. The van der Waals surface area contributed by atoms with E-state index in [1.54, 1.807) is 12.1 Å². The van der Waals surface area contributed by atoms with Crippen LogP contribution in [0.5, 0.6) is 5.75 Å². The number of halogens is 3. The molecule has 1 fully saturated rings. The molecule has 0 saturated carbocycles. The van der Waals surface area contributed by atoms with E-state index in [0.29, 0.717) is 22.4 Å². The van der Waals surface area contributed by atoms with Gasteiger partial charge in [-0.05, 0) is 106 Å². The van der Waals surface area contributed by atoms with E-state index in [0.717, 1.165) is 36.9 Å². The Bertz CT molecular complexity index is 1270.